The van der Waals surface area contributed by atoms with Gasteiger partial charge in [0.25, 0.3) is 0 Å². The van der Waals surface area contributed by atoms with Crippen LogP contribution in [-0.2, 0) is 6.61 Å². The molecule has 1 aromatic carbocycles. The highest BCUT2D eigenvalue weighted by Gasteiger charge is 2.09. The molecule has 2 aromatic rings. The number of benzene rings is 1. The van der Waals surface area contributed by atoms with E-state index in [1.54, 1.807) is 14.0 Å². The molecule has 0 aliphatic rings. The fourth-order valence-corrected chi connectivity index (χ4v) is 1.76. The van der Waals surface area contributed by atoms with Crippen molar-refractivity contribution in [2.24, 2.45) is 5.84 Å². The lowest BCUT2D eigenvalue weighted by Gasteiger charge is -2.12. The Morgan fingerprint density at radius 2 is 1.85 bits per heavy atom. The standard InChI is InChI=1S/C14H18N4O2/c1-9-13(18-15)16-10(2)17-14(9)20-8-11-4-6-12(19-3)7-5-11/h4-7H,8,15H2,1-3H3,(H,16,17,18). The van der Waals surface area contributed by atoms with Gasteiger partial charge in [-0.3, -0.25) is 0 Å². The minimum absolute atomic E-state index is 0.422. The Morgan fingerprint density at radius 1 is 1.15 bits per heavy atom. The number of hydrogen-bond donors (Lipinski definition) is 2. The molecule has 20 heavy (non-hydrogen) atoms. The average Bonchev–Trinajstić information content (AvgIpc) is 2.48. The van der Waals surface area contributed by atoms with Crippen molar-refractivity contribution in [3.63, 3.8) is 0 Å². The minimum atomic E-state index is 0.422. The number of ether oxygens (including phenoxy) is 2. The van der Waals surface area contributed by atoms with E-state index in [-0.39, 0.29) is 0 Å². The monoisotopic (exact) mass is 274 g/mol. The normalized spacial score (nSPS) is 10.2. The summed E-state index contributed by atoms with van der Waals surface area (Å²) in [6, 6.07) is 7.68. The van der Waals surface area contributed by atoms with Crippen molar-refractivity contribution in [1.82, 2.24) is 9.97 Å². The lowest BCUT2D eigenvalue weighted by molar-refractivity contribution is 0.290. The summed E-state index contributed by atoms with van der Waals surface area (Å²) in [5.41, 5.74) is 4.36. The van der Waals surface area contributed by atoms with Crippen LogP contribution < -0.4 is 20.7 Å². The zero-order valence-corrected chi connectivity index (χ0v) is 11.8. The van der Waals surface area contributed by atoms with Gasteiger partial charge in [-0.15, -0.1) is 0 Å². The molecule has 1 aromatic heterocycles. The number of nitrogens with zero attached hydrogens (tertiary/aromatic N) is 2. The summed E-state index contributed by atoms with van der Waals surface area (Å²) in [5, 5.41) is 0. The predicted octanol–water partition coefficient (Wildman–Crippen LogP) is 1.97. The first-order valence-corrected chi connectivity index (χ1v) is 6.21. The van der Waals surface area contributed by atoms with E-state index in [2.05, 4.69) is 15.4 Å². The molecule has 0 saturated carbocycles. The van der Waals surface area contributed by atoms with Gasteiger partial charge < -0.3 is 14.9 Å². The van der Waals surface area contributed by atoms with Gasteiger partial charge >= 0.3 is 0 Å². The number of nitrogen functional groups attached to an aromatic ring is 1. The number of methoxy groups -OCH3 is 1. The molecule has 2 rings (SSSR count). The Bertz CT molecular complexity index is 584. The molecule has 0 atom stereocenters. The topological polar surface area (TPSA) is 82.3 Å². The smallest absolute Gasteiger partial charge is 0.222 e. The van der Waals surface area contributed by atoms with Crippen molar-refractivity contribution in [3.8, 4) is 11.6 Å². The van der Waals surface area contributed by atoms with Gasteiger partial charge in [0.15, 0.2) is 0 Å². The van der Waals surface area contributed by atoms with E-state index in [1.165, 1.54) is 0 Å². The molecule has 0 amide bonds. The van der Waals surface area contributed by atoms with Gasteiger partial charge in [0.2, 0.25) is 5.88 Å². The second-order valence-electron chi connectivity index (χ2n) is 4.33. The number of nitrogens with two attached hydrogens (primary N) is 1. The number of aromatic nitrogens is 2. The minimum Gasteiger partial charge on any atom is -0.497 e. The molecule has 0 fully saturated rings. The fourth-order valence-electron chi connectivity index (χ4n) is 1.76. The van der Waals surface area contributed by atoms with Crippen molar-refractivity contribution in [3.05, 3.63) is 41.2 Å². The molecule has 6 nitrogen and oxygen atoms in total. The third-order valence-corrected chi connectivity index (χ3v) is 2.88. The quantitative estimate of drug-likeness (QED) is 0.640. The molecule has 106 valence electrons. The van der Waals surface area contributed by atoms with E-state index in [1.807, 2.05) is 31.2 Å². The lowest BCUT2D eigenvalue weighted by atomic mass is 10.2. The Hall–Kier alpha value is -2.34. The van der Waals surface area contributed by atoms with Crippen molar-refractivity contribution < 1.29 is 9.47 Å². The van der Waals surface area contributed by atoms with Crippen LogP contribution in [0.3, 0.4) is 0 Å². The molecule has 3 N–H and O–H groups in total. The maximum absolute atomic E-state index is 5.73. The third-order valence-electron chi connectivity index (χ3n) is 2.88. The molecule has 0 unspecified atom stereocenters. The second kappa shape index (κ2) is 6.21. The molecule has 0 bridgehead atoms. The number of aryl methyl sites for hydroxylation is 1. The maximum Gasteiger partial charge on any atom is 0.222 e. The highest BCUT2D eigenvalue weighted by Crippen LogP contribution is 2.22. The summed E-state index contributed by atoms with van der Waals surface area (Å²) in [5.74, 6) is 7.94. The number of hydrogen-bond acceptors (Lipinski definition) is 6. The van der Waals surface area contributed by atoms with Gasteiger partial charge in [0.1, 0.15) is 24.0 Å². The van der Waals surface area contributed by atoms with Gasteiger partial charge in [0, 0.05) is 0 Å². The van der Waals surface area contributed by atoms with E-state index in [0.29, 0.717) is 24.1 Å². The van der Waals surface area contributed by atoms with E-state index in [4.69, 9.17) is 15.3 Å². The molecular formula is C14H18N4O2. The van der Waals surface area contributed by atoms with E-state index < -0.39 is 0 Å². The molecular weight excluding hydrogens is 256 g/mol. The summed E-state index contributed by atoms with van der Waals surface area (Å²) in [7, 11) is 1.64. The van der Waals surface area contributed by atoms with Crippen molar-refractivity contribution in [1.29, 1.82) is 0 Å². The van der Waals surface area contributed by atoms with E-state index in [0.717, 1.165) is 16.9 Å². The van der Waals surface area contributed by atoms with Crippen LogP contribution in [0.1, 0.15) is 17.0 Å². The number of nitrogens with one attached hydrogen (secondary N) is 1. The number of hydrazine groups is 1. The van der Waals surface area contributed by atoms with Gasteiger partial charge in [-0.05, 0) is 31.5 Å². The fraction of sp³-hybridized carbons (Fsp3) is 0.286. The van der Waals surface area contributed by atoms with Crippen molar-refractivity contribution in [2.75, 3.05) is 12.5 Å². The van der Waals surface area contributed by atoms with Crippen molar-refractivity contribution in [2.45, 2.75) is 20.5 Å². The van der Waals surface area contributed by atoms with E-state index in [9.17, 15) is 0 Å². The summed E-state index contributed by atoms with van der Waals surface area (Å²) >= 11 is 0. The zero-order valence-electron chi connectivity index (χ0n) is 11.8. The first-order chi connectivity index (χ1) is 9.63. The van der Waals surface area contributed by atoms with Crippen LogP contribution in [0, 0.1) is 13.8 Å². The van der Waals surface area contributed by atoms with Crippen LogP contribution >= 0.6 is 0 Å². The molecule has 6 heteroatoms. The number of rotatable bonds is 5. The van der Waals surface area contributed by atoms with Gasteiger partial charge in [-0.1, -0.05) is 12.1 Å². The molecule has 1 heterocycles. The predicted molar refractivity (Wildman–Crippen MR) is 76.6 cm³/mol. The van der Waals surface area contributed by atoms with E-state index >= 15 is 0 Å². The molecule has 0 aliphatic carbocycles. The van der Waals surface area contributed by atoms with Crippen molar-refractivity contribution >= 4 is 5.82 Å². The van der Waals surface area contributed by atoms with Crippen LogP contribution in [-0.4, -0.2) is 17.1 Å². The lowest BCUT2D eigenvalue weighted by Crippen LogP contribution is -2.13. The first-order valence-electron chi connectivity index (χ1n) is 6.21. The van der Waals surface area contributed by atoms with Crippen LogP contribution in [0.15, 0.2) is 24.3 Å². The van der Waals surface area contributed by atoms with Crippen LogP contribution in [0.2, 0.25) is 0 Å². The summed E-state index contributed by atoms with van der Waals surface area (Å²) < 4.78 is 10.8. The first kappa shape index (κ1) is 14.1. The largest absolute Gasteiger partial charge is 0.497 e. The molecule has 0 spiro atoms. The highest BCUT2D eigenvalue weighted by molar-refractivity contribution is 5.47. The Morgan fingerprint density at radius 3 is 2.45 bits per heavy atom. The van der Waals surface area contributed by atoms with Crippen LogP contribution in [0.25, 0.3) is 0 Å². The Labute approximate surface area is 117 Å². The molecule has 0 aliphatic heterocycles. The second-order valence-corrected chi connectivity index (χ2v) is 4.33. The Balaban J connectivity index is 2.11. The summed E-state index contributed by atoms with van der Waals surface area (Å²) in [6.07, 6.45) is 0. The van der Waals surface area contributed by atoms with Crippen LogP contribution in [0.5, 0.6) is 11.6 Å². The van der Waals surface area contributed by atoms with Gasteiger partial charge in [-0.25, -0.2) is 10.8 Å². The summed E-state index contributed by atoms with van der Waals surface area (Å²) in [4.78, 5) is 8.46. The SMILES string of the molecule is COc1ccc(COc2nc(C)nc(NN)c2C)cc1. The highest BCUT2D eigenvalue weighted by atomic mass is 16.5. The molecule has 0 radical (unpaired) electrons. The Kier molecular flexibility index (Phi) is 4.37. The number of anilines is 1. The molecule has 0 saturated heterocycles. The summed E-state index contributed by atoms with van der Waals surface area (Å²) in [6.45, 7) is 4.07. The van der Waals surface area contributed by atoms with Gasteiger partial charge in [0.05, 0.1) is 12.7 Å². The van der Waals surface area contributed by atoms with Crippen LogP contribution in [0.4, 0.5) is 5.82 Å². The zero-order chi connectivity index (χ0) is 14.5. The maximum atomic E-state index is 5.73. The third kappa shape index (κ3) is 3.16. The van der Waals surface area contributed by atoms with Gasteiger partial charge in [-0.2, -0.15) is 4.98 Å². The average molecular weight is 274 g/mol.